The van der Waals surface area contributed by atoms with Crippen molar-refractivity contribution in [2.75, 3.05) is 30.5 Å². The van der Waals surface area contributed by atoms with Gasteiger partial charge in [-0.2, -0.15) is 24.4 Å². The molecule has 0 radical (unpaired) electrons. The quantitative estimate of drug-likeness (QED) is 0.292. The Balaban J connectivity index is 2.36. The van der Waals surface area contributed by atoms with Gasteiger partial charge < -0.3 is 14.8 Å². The fourth-order valence-corrected chi connectivity index (χ4v) is 5.47. The zero-order valence-corrected chi connectivity index (χ0v) is 18.4. The van der Waals surface area contributed by atoms with Crippen LogP contribution < -0.4 is 10.1 Å². The number of carbonyl (C=O) groups is 1. The molecule has 1 heterocycles. The average Bonchev–Trinajstić information content (AvgIpc) is 2.68. The summed E-state index contributed by atoms with van der Waals surface area (Å²) in [6.07, 6.45) is 5.56. The van der Waals surface area contributed by atoms with Gasteiger partial charge in [-0.25, -0.2) is 4.79 Å². The largest absolute Gasteiger partial charge is 0.497 e. The van der Waals surface area contributed by atoms with E-state index in [1.165, 1.54) is 18.4 Å². The minimum atomic E-state index is -0.295. The summed E-state index contributed by atoms with van der Waals surface area (Å²) < 4.78 is 10.9. The summed E-state index contributed by atoms with van der Waals surface area (Å²) in [5.74, 6) is 2.84. The highest BCUT2D eigenvalue weighted by Crippen LogP contribution is 2.48. The van der Waals surface area contributed by atoms with E-state index in [0.29, 0.717) is 6.61 Å². The molecule has 0 bridgehead atoms. The molecular weight excluding hydrogens is 378 g/mol. The average molecular weight is 412 g/mol. The van der Waals surface area contributed by atoms with E-state index in [-0.39, 0.29) is 23.2 Å². The van der Waals surface area contributed by atoms with Crippen molar-refractivity contribution in [3.8, 4) is 5.75 Å². The maximum atomic E-state index is 12.7. The minimum Gasteiger partial charge on any atom is -0.497 e. The first-order valence-corrected chi connectivity index (χ1v) is 11.7. The summed E-state index contributed by atoms with van der Waals surface area (Å²) in [5.41, 5.74) is 2.25. The number of esters is 1. The summed E-state index contributed by atoms with van der Waals surface area (Å²) in [5, 5.41) is 3.72. The van der Waals surface area contributed by atoms with Crippen LogP contribution in [0.15, 0.2) is 18.2 Å². The van der Waals surface area contributed by atoms with E-state index in [1.807, 2.05) is 30.8 Å². The van der Waals surface area contributed by atoms with Gasteiger partial charge in [0.1, 0.15) is 11.8 Å². The van der Waals surface area contributed by atoms with E-state index in [0.717, 1.165) is 42.2 Å². The monoisotopic (exact) mass is 411 g/mol. The molecule has 1 N–H and O–H groups in total. The van der Waals surface area contributed by atoms with E-state index < -0.39 is 0 Å². The third-order valence-corrected chi connectivity index (χ3v) is 6.78. The summed E-state index contributed by atoms with van der Waals surface area (Å²) in [4.78, 5) is 12.7. The number of ether oxygens (including phenoxy) is 2. The van der Waals surface area contributed by atoms with Crippen molar-refractivity contribution in [1.29, 1.82) is 0 Å². The fraction of sp³-hybridized carbons (Fsp3) is 0.667. The smallest absolute Gasteiger partial charge is 0.328 e. The van der Waals surface area contributed by atoms with Gasteiger partial charge in [-0.15, -0.1) is 0 Å². The maximum absolute atomic E-state index is 12.7. The van der Waals surface area contributed by atoms with Crippen molar-refractivity contribution < 1.29 is 14.3 Å². The van der Waals surface area contributed by atoms with Crippen LogP contribution in [0.4, 0.5) is 5.69 Å². The van der Waals surface area contributed by atoms with Crippen molar-refractivity contribution in [3.63, 3.8) is 0 Å². The third kappa shape index (κ3) is 5.98. The lowest BCUT2D eigenvalue weighted by molar-refractivity contribution is -0.145. The minimum absolute atomic E-state index is 0.139. The number of thioether (sulfide) groups is 1. The Kier molecular flexibility index (Phi) is 9.69. The SMILES string of the molecule is CCCCCC1C(C(=O)OCC)Nc2ccc(OC)cc2C1SCCCS. The van der Waals surface area contributed by atoms with Crippen LogP contribution >= 0.6 is 24.4 Å². The van der Waals surface area contributed by atoms with E-state index in [1.54, 1.807) is 7.11 Å². The van der Waals surface area contributed by atoms with Gasteiger partial charge in [-0.1, -0.05) is 26.2 Å². The van der Waals surface area contributed by atoms with E-state index >= 15 is 0 Å². The molecule has 1 aromatic rings. The van der Waals surface area contributed by atoms with Crippen LogP contribution in [0.25, 0.3) is 0 Å². The molecule has 0 spiro atoms. The lowest BCUT2D eigenvalue weighted by atomic mass is 9.83. The standard InChI is InChI=1S/C21H33NO3S2/c1-4-6-7-9-16-19(21(23)25-5-2)22-18-11-10-15(24-3)14-17(18)20(16)27-13-8-12-26/h10-11,14,16,19-20,22,26H,4-9,12-13H2,1-3H3. The topological polar surface area (TPSA) is 47.6 Å². The van der Waals surface area contributed by atoms with Crippen molar-refractivity contribution >= 4 is 36.0 Å². The molecule has 1 aliphatic rings. The second kappa shape index (κ2) is 11.7. The zero-order chi connectivity index (χ0) is 19.6. The molecule has 4 nitrogen and oxygen atoms in total. The number of hydrogen-bond donors (Lipinski definition) is 2. The van der Waals surface area contributed by atoms with E-state index in [9.17, 15) is 4.79 Å². The highest BCUT2D eigenvalue weighted by Gasteiger charge is 2.41. The molecule has 27 heavy (non-hydrogen) atoms. The first kappa shape index (κ1) is 22.3. The maximum Gasteiger partial charge on any atom is 0.328 e. The Morgan fingerprint density at radius 1 is 1.26 bits per heavy atom. The molecule has 1 aromatic carbocycles. The third-order valence-electron chi connectivity index (χ3n) is 4.97. The van der Waals surface area contributed by atoms with Crippen LogP contribution in [0, 0.1) is 5.92 Å². The Morgan fingerprint density at radius 2 is 2.07 bits per heavy atom. The van der Waals surface area contributed by atoms with Gasteiger partial charge in [-0.3, -0.25) is 0 Å². The number of rotatable bonds is 11. The highest BCUT2D eigenvalue weighted by molar-refractivity contribution is 7.99. The van der Waals surface area contributed by atoms with Gasteiger partial charge in [-0.05, 0) is 55.0 Å². The molecule has 0 saturated carbocycles. The second-order valence-corrected chi connectivity index (χ2v) is 8.55. The van der Waals surface area contributed by atoms with Crippen LogP contribution in [-0.2, 0) is 9.53 Å². The van der Waals surface area contributed by atoms with Crippen LogP contribution in [0.1, 0.15) is 56.8 Å². The van der Waals surface area contributed by atoms with Crippen molar-refractivity contribution in [2.45, 2.75) is 57.2 Å². The van der Waals surface area contributed by atoms with Crippen LogP contribution in [0.5, 0.6) is 5.75 Å². The lowest BCUT2D eigenvalue weighted by Crippen LogP contribution is -2.44. The van der Waals surface area contributed by atoms with Crippen molar-refractivity contribution in [3.05, 3.63) is 23.8 Å². The summed E-state index contributed by atoms with van der Waals surface area (Å²) in [6, 6.07) is 5.79. The second-order valence-electron chi connectivity index (χ2n) is 6.86. The number of carbonyl (C=O) groups excluding carboxylic acids is 1. The van der Waals surface area contributed by atoms with Crippen LogP contribution in [0.3, 0.4) is 0 Å². The molecule has 0 aromatic heterocycles. The number of nitrogens with one attached hydrogen (secondary N) is 1. The van der Waals surface area contributed by atoms with Gasteiger partial charge in [0.25, 0.3) is 0 Å². The summed E-state index contributed by atoms with van der Waals surface area (Å²) >= 11 is 6.29. The number of benzene rings is 1. The number of methoxy groups -OCH3 is 1. The predicted octanol–water partition coefficient (Wildman–Crippen LogP) is 5.34. The Labute approximate surface area is 173 Å². The van der Waals surface area contributed by atoms with Gasteiger partial charge in [0, 0.05) is 16.9 Å². The number of thiol groups is 1. The lowest BCUT2D eigenvalue weighted by Gasteiger charge is -2.39. The molecule has 3 atom stereocenters. The number of unbranched alkanes of at least 4 members (excludes halogenated alkanes) is 2. The Hall–Kier alpha value is -1.01. The Bertz CT molecular complexity index is 597. The molecule has 6 heteroatoms. The molecule has 3 unspecified atom stereocenters. The highest BCUT2D eigenvalue weighted by atomic mass is 32.2. The van der Waals surface area contributed by atoms with Gasteiger partial charge in [0.15, 0.2) is 0 Å². The predicted molar refractivity (Wildman–Crippen MR) is 118 cm³/mol. The fourth-order valence-electron chi connectivity index (χ4n) is 3.62. The molecule has 0 amide bonds. The van der Waals surface area contributed by atoms with Crippen LogP contribution in [0.2, 0.25) is 0 Å². The molecule has 0 saturated heterocycles. The molecule has 0 fully saturated rings. The molecule has 152 valence electrons. The van der Waals surface area contributed by atoms with Gasteiger partial charge in [0.2, 0.25) is 0 Å². The first-order chi connectivity index (χ1) is 13.2. The van der Waals surface area contributed by atoms with Crippen LogP contribution in [-0.4, -0.2) is 37.2 Å². The van der Waals surface area contributed by atoms with Crippen molar-refractivity contribution in [2.24, 2.45) is 5.92 Å². The molecular formula is C21H33NO3S2. The summed E-state index contributed by atoms with van der Waals surface area (Å²) in [7, 11) is 1.70. The normalized spacial score (nSPS) is 21.3. The van der Waals surface area contributed by atoms with Crippen molar-refractivity contribution in [1.82, 2.24) is 0 Å². The first-order valence-electron chi connectivity index (χ1n) is 9.99. The van der Waals surface area contributed by atoms with E-state index in [2.05, 4.69) is 30.9 Å². The van der Waals surface area contributed by atoms with E-state index in [4.69, 9.17) is 9.47 Å². The molecule has 2 rings (SSSR count). The Morgan fingerprint density at radius 3 is 2.74 bits per heavy atom. The zero-order valence-electron chi connectivity index (χ0n) is 16.7. The summed E-state index contributed by atoms with van der Waals surface area (Å²) in [6.45, 7) is 4.48. The molecule has 0 aliphatic carbocycles. The number of hydrogen-bond acceptors (Lipinski definition) is 6. The number of fused-ring (bicyclic) bond motifs is 1. The number of anilines is 1. The van der Waals surface area contributed by atoms with Gasteiger partial charge in [0.05, 0.1) is 13.7 Å². The molecule has 1 aliphatic heterocycles. The van der Waals surface area contributed by atoms with Gasteiger partial charge >= 0.3 is 5.97 Å².